The maximum absolute atomic E-state index is 12.3. The minimum atomic E-state index is -3.62. The van der Waals surface area contributed by atoms with Crippen LogP contribution in [0.5, 0.6) is 0 Å². The molecule has 1 fully saturated rings. The van der Waals surface area contributed by atoms with E-state index in [4.69, 9.17) is 4.74 Å². The molecule has 1 aromatic heterocycles. The van der Waals surface area contributed by atoms with Gasteiger partial charge in [0.15, 0.2) is 0 Å². The lowest BCUT2D eigenvalue weighted by Crippen LogP contribution is -2.35. The number of anilines is 1. The van der Waals surface area contributed by atoms with Gasteiger partial charge < -0.3 is 10.1 Å². The van der Waals surface area contributed by atoms with Gasteiger partial charge in [-0.3, -0.25) is 9.78 Å². The monoisotopic (exact) mass is 361 g/mol. The number of aryl methyl sites for hydroxylation is 1. The predicted molar refractivity (Wildman–Crippen MR) is 92.9 cm³/mol. The molecule has 3 rings (SSSR count). The van der Waals surface area contributed by atoms with E-state index in [1.165, 1.54) is 24.3 Å². The minimum Gasteiger partial charge on any atom is -0.380 e. The van der Waals surface area contributed by atoms with Crippen molar-refractivity contribution < 1.29 is 17.9 Å². The number of hydrogen-bond acceptors (Lipinski definition) is 5. The molecule has 0 radical (unpaired) electrons. The minimum absolute atomic E-state index is 0.118. The molecule has 1 aliphatic heterocycles. The van der Waals surface area contributed by atoms with Crippen molar-refractivity contribution in [1.82, 2.24) is 9.71 Å². The highest BCUT2D eigenvalue weighted by molar-refractivity contribution is 7.89. The molecule has 1 amide bonds. The molecule has 7 nitrogen and oxygen atoms in total. The molecule has 8 heteroatoms. The van der Waals surface area contributed by atoms with Crippen molar-refractivity contribution in [1.29, 1.82) is 0 Å². The highest BCUT2D eigenvalue weighted by atomic mass is 32.2. The summed E-state index contributed by atoms with van der Waals surface area (Å²) in [5.41, 5.74) is 1.80. The Morgan fingerprint density at radius 3 is 2.56 bits per heavy atom. The fourth-order valence-electron chi connectivity index (χ4n) is 2.45. The number of aromatic nitrogens is 1. The molecule has 25 heavy (non-hydrogen) atoms. The Morgan fingerprint density at radius 2 is 1.96 bits per heavy atom. The molecule has 1 atom stereocenters. The van der Waals surface area contributed by atoms with Gasteiger partial charge in [0.25, 0.3) is 5.91 Å². The molecule has 0 spiro atoms. The average Bonchev–Trinajstić information content (AvgIpc) is 3.09. The van der Waals surface area contributed by atoms with Crippen LogP contribution in [0.15, 0.2) is 47.5 Å². The number of carbonyl (C=O) groups excluding carboxylic acids is 1. The van der Waals surface area contributed by atoms with Crippen molar-refractivity contribution in [2.24, 2.45) is 0 Å². The molecule has 2 aromatic rings. The molecule has 1 saturated heterocycles. The summed E-state index contributed by atoms with van der Waals surface area (Å²) < 4.78 is 32.4. The Bertz CT molecular complexity index is 842. The zero-order chi connectivity index (χ0) is 17.9. The number of sulfonamides is 1. The van der Waals surface area contributed by atoms with E-state index >= 15 is 0 Å². The zero-order valence-electron chi connectivity index (χ0n) is 13.7. The van der Waals surface area contributed by atoms with Crippen LogP contribution in [0.4, 0.5) is 5.69 Å². The summed E-state index contributed by atoms with van der Waals surface area (Å²) in [5, 5.41) is 2.72. The Morgan fingerprint density at radius 1 is 1.20 bits per heavy atom. The third-order valence-electron chi connectivity index (χ3n) is 3.85. The summed E-state index contributed by atoms with van der Waals surface area (Å²) in [4.78, 5) is 16.4. The Labute approximate surface area is 146 Å². The number of amides is 1. The number of ether oxygens (including phenoxy) is 1. The van der Waals surface area contributed by atoms with Gasteiger partial charge in [-0.1, -0.05) is 0 Å². The summed E-state index contributed by atoms with van der Waals surface area (Å²) in [7, 11) is -3.62. The van der Waals surface area contributed by atoms with Gasteiger partial charge in [0.2, 0.25) is 10.0 Å². The highest BCUT2D eigenvalue weighted by Crippen LogP contribution is 2.15. The number of rotatable bonds is 5. The number of hydrogen-bond donors (Lipinski definition) is 2. The number of pyridine rings is 1. The SMILES string of the molecule is Cc1ccc(NC(=O)c2ccc(S(=O)(=O)N[C@H]3CCOC3)cc2)cn1. The highest BCUT2D eigenvalue weighted by Gasteiger charge is 2.23. The molecule has 2 N–H and O–H groups in total. The molecule has 1 aliphatic rings. The first-order valence-corrected chi connectivity index (χ1v) is 9.36. The van der Waals surface area contributed by atoms with E-state index in [0.29, 0.717) is 30.9 Å². The molecule has 0 aliphatic carbocycles. The van der Waals surface area contributed by atoms with E-state index in [9.17, 15) is 13.2 Å². The van der Waals surface area contributed by atoms with E-state index in [-0.39, 0.29) is 16.8 Å². The summed E-state index contributed by atoms with van der Waals surface area (Å²) in [6, 6.07) is 9.15. The van der Waals surface area contributed by atoms with E-state index < -0.39 is 10.0 Å². The van der Waals surface area contributed by atoms with Gasteiger partial charge in [-0.15, -0.1) is 0 Å². The predicted octanol–water partition coefficient (Wildman–Crippen LogP) is 1.71. The third-order valence-corrected chi connectivity index (χ3v) is 5.38. The van der Waals surface area contributed by atoms with Crippen LogP contribution in [0.2, 0.25) is 0 Å². The molecule has 132 valence electrons. The maximum atomic E-state index is 12.3. The van der Waals surface area contributed by atoms with Crippen molar-refractivity contribution >= 4 is 21.6 Å². The molecular weight excluding hydrogens is 342 g/mol. The molecular formula is C17H19N3O4S. The summed E-state index contributed by atoms with van der Waals surface area (Å²) in [6.07, 6.45) is 2.23. The van der Waals surface area contributed by atoms with Crippen LogP contribution in [-0.4, -0.2) is 38.6 Å². The van der Waals surface area contributed by atoms with Crippen LogP contribution in [0.1, 0.15) is 22.5 Å². The Kier molecular flexibility index (Phi) is 5.12. The first kappa shape index (κ1) is 17.5. The lowest BCUT2D eigenvalue weighted by molar-refractivity contribution is 0.102. The fourth-order valence-corrected chi connectivity index (χ4v) is 3.70. The van der Waals surface area contributed by atoms with Gasteiger partial charge in [-0.05, 0) is 49.7 Å². The van der Waals surface area contributed by atoms with E-state index in [1.54, 1.807) is 18.3 Å². The standard InChI is InChI=1S/C17H19N3O4S/c1-12-2-5-14(10-18-12)19-17(21)13-3-6-16(7-4-13)25(22,23)20-15-8-9-24-11-15/h2-7,10,15,20H,8-9,11H2,1H3,(H,19,21)/t15-/m0/s1. The smallest absolute Gasteiger partial charge is 0.255 e. The van der Waals surface area contributed by atoms with Crippen LogP contribution in [-0.2, 0) is 14.8 Å². The second kappa shape index (κ2) is 7.30. The van der Waals surface area contributed by atoms with Crippen molar-refractivity contribution in [2.45, 2.75) is 24.3 Å². The van der Waals surface area contributed by atoms with E-state index in [0.717, 1.165) is 5.69 Å². The van der Waals surface area contributed by atoms with Gasteiger partial charge in [-0.2, -0.15) is 0 Å². The number of nitrogens with one attached hydrogen (secondary N) is 2. The summed E-state index contributed by atoms with van der Waals surface area (Å²) >= 11 is 0. The number of carbonyl (C=O) groups is 1. The topological polar surface area (TPSA) is 97.4 Å². The van der Waals surface area contributed by atoms with Crippen molar-refractivity contribution in [2.75, 3.05) is 18.5 Å². The normalized spacial score (nSPS) is 17.4. The zero-order valence-corrected chi connectivity index (χ0v) is 14.5. The van der Waals surface area contributed by atoms with E-state index in [1.807, 2.05) is 6.92 Å². The number of benzene rings is 1. The Balaban J connectivity index is 1.68. The molecule has 0 saturated carbocycles. The van der Waals surface area contributed by atoms with Crippen LogP contribution < -0.4 is 10.0 Å². The van der Waals surface area contributed by atoms with Crippen LogP contribution in [0.25, 0.3) is 0 Å². The lowest BCUT2D eigenvalue weighted by Gasteiger charge is -2.12. The fraction of sp³-hybridized carbons (Fsp3) is 0.294. The second-order valence-corrected chi connectivity index (χ2v) is 7.56. The number of nitrogens with zero attached hydrogens (tertiary/aromatic N) is 1. The van der Waals surface area contributed by atoms with Gasteiger partial charge in [-0.25, -0.2) is 13.1 Å². The lowest BCUT2D eigenvalue weighted by atomic mass is 10.2. The van der Waals surface area contributed by atoms with Gasteiger partial charge >= 0.3 is 0 Å². The Hall–Kier alpha value is -2.29. The van der Waals surface area contributed by atoms with Gasteiger partial charge in [0.05, 0.1) is 23.4 Å². The summed E-state index contributed by atoms with van der Waals surface area (Å²) in [6.45, 7) is 2.79. The van der Waals surface area contributed by atoms with Crippen LogP contribution in [0.3, 0.4) is 0 Å². The third kappa shape index (κ3) is 4.41. The maximum Gasteiger partial charge on any atom is 0.255 e. The second-order valence-electron chi connectivity index (χ2n) is 5.85. The average molecular weight is 361 g/mol. The molecule has 0 bridgehead atoms. The molecule has 0 unspecified atom stereocenters. The van der Waals surface area contributed by atoms with Crippen LogP contribution >= 0.6 is 0 Å². The first-order chi connectivity index (χ1) is 11.9. The summed E-state index contributed by atoms with van der Waals surface area (Å²) in [5.74, 6) is -0.327. The van der Waals surface area contributed by atoms with Crippen molar-refractivity contribution in [3.63, 3.8) is 0 Å². The van der Waals surface area contributed by atoms with Crippen molar-refractivity contribution in [3.8, 4) is 0 Å². The quantitative estimate of drug-likeness (QED) is 0.845. The van der Waals surface area contributed by atoms with E-state index in [2.05, 4.69) is 15.0 Å². The van der Waals surface area contributed by atoms with Gasteiger partial charge in [0, 0.05) is 23.9 Å². The van der Waals surface area contributed by atoms with Crippen molar-refractivity contribution in [3.05, 3.63) is 53.9 Å². The van der Waals surface area contributed by atoms with Gasteiger partial charge in [0.1, 0.15) is 0 Å². The molecule has 2 heterocycles. The first-order valence-electron chi connectivity index (χ1n) is 7.88. The molecule has 1 aromatic carbocycles. The van der Waals surface area contributed by atoms with Crippen LogP contribution in [0, 0.1) is 6.92 Å². The largest absolute Gasteiger partial charge is 0.380 e.